The second kappa shape index (κ2) is 11.8. The van der Waals surface area contributed by atoms with Gasteiger partial charge in [0.05, 0.1) is 11.4 Å². The van der Waals surface area contributed by atoms with E-state index in [2.05, 4.69) is 206 Å². The van der Waals surface area contributed by atoms with Gasteiger partial charge >= 0.3 is 0 Å². The summed E-state index contributed by atoms with van der Waals surface area (Å²) in [6.07, 6.45) is 0. The Morgan fingerprint density at radius 3 is 1.82 bits per heavy atom. The molecule has 1 heteroatoms. The largest absolute Gasteiger partial charge is 0.309 e. The molecular formula is C48H35N. The van der Waals surface area contributed by atoms with Crippen molar-refractivity contribution in [2.75, 3.05) is 4.90 Å². The molecule has 0 N–H and O–H groups in total. The molecule has 49 heavy (non-hydrogen) atoms. The maximum Gasteiger partial charge on any atom is 0.0543 e. The van der Waals surface area contributed by atoms with Gasteiger partial charge in [0.25, 0.3) is 0 Å². The van der Waals surface area contributed by atoms with E-state index >= 15 is 0 Å². The number of anilines is 3. The summed E-state index contributed by atoms with van der Waals surface area (Å²) >= 11 is 0. The van der Waals surface area contributed by atoms with Gasteiger partial charge in [0, 0.05) is 22.2 Å². The number of para-hydroxylation sites is 1. The van der Waals surface area contributed by atoms with Crippen LogP contribution in [0.5, 0.6) is 0 Å². The summed E-state index contributed by atoms with van der Waals surface area (Å²) in [4.78, 5) is 2.49. The zero-order valence-electron chi connectivity index (χ0n) is 27.4. The Hall–Kier alpha value is -6.18. The van der Waals surface area contributed by atoms with Crippen molar-refractivity contribution in [3.8, 4) is 33.4 Å². The predicted octanol–water partition coefficient (Wildman–Crippen LogP) is 13.0. The van der Waals surface area contributed by atoms with Gasteiger partial charge in [-0.1, -0.05) is 164 Å². The monoisotopic (exact) mass is 625 g/mol. The van der Waals surface area contributed by atoms with Crippen LogP contribution in [0, 0.1) is 0 Å². The summed E-state index contributed by atoms with van der Waals surface area (Å²) < 4.78 is 0. The second-order valence-electron chi connectivity index (χ2n) is 13.1. The van der Waals surface area contributed by atoms with Gasteiger partial charge in [-0.25, -0.2) is 0 Å². The van der Waals surface area contributed by atoms with Crippen LogP contribution in [0.1, 0.15) is 23.6 Å². The Morgan fingerprint density at radius 1 is 0.388 bits per heavy atom. The smallest absolute Gasteiger partial charge is 0.0543 e. The van der Waals surface area contributed by atoms with Crippen LogP contribution >= 0.6 is 0 Å². The molecule has 1 aliphatic rings. The van der Waals surface area contributed by atoms with Crippen LogP contribution in [0.25, 0.3) is 44.2 Å². The van der Waals surface area contributed by atoms with E-state index in [0.717, 1.165) is 11.4 Å². The van der Waals surface area contributed by atoms with Crippen LogP contribution in [0.2, 0.25) is 0 Å². The summed E-state index contributed by atoms with van der Waals surface area (Å²) in [7, 11) is 0. The Bertz CT molecular complexity index is 2460. The number of benzene rings is 8. The van der Waals surface area contributed by atoms with Gasteiger partial charge in [-0.05, 0) is 87.0 Å². The lowest BCUT2D eigenvalue weighted by molar-refractivity contribution is 0.714. The SMILES string of the molecule is CC1(c2ccccc2)c2ccccc2-c2c(N(c3ccc4ccccc4c3)c3ccccc3-c3cccc(-c4ccccc4)c3)cccc21. The summed E-state index contributed by atoms with van der Waals surface area (Å²) in [6.45, 7) is 2.39. The molecule has 1 atom stereocenters. The quantitative estimate of drug-likeness (QED) is 0.178. The van der Waals surface area contributed by atoms with Crippen molar-refractivity contribution in [1.82, 2.24) is 0 Å². The Labute approximate surface area is 288 Å². The lowest BCUT2D eigenvalue weighted by Crippen LogP contribution is -2.22. The Balaban J connectivity index is 1.32. The number of rotatable bonds is 6. The van der Waals surface area contributed by atoms with E-state index in [9.17, 15) is 0 Å². The average Bonchev–Trinajstić information content (AvgIpc) is 3.45. The first kappa shape index (κ1) is 29.0. The fourth-order valence-corrected chi connectivity index (χ4v) is 7.92. The molecule has 0 bridgehead atoms. The van der Waals surface area contributed by atoms with Crippen LogP contribution in [-0.4, -0.2) is 0 Å². The highest BCUT2D eigenvalue weighted by molar-refractivity contribution is 6.00. The highest BCUT2D eigenvalue weighted by Crippen LogP contribution is 2.57. The van der Waals surface area contributed by atoms with Gasteiger partial charge in [-0.2, -0.15) is 0 Å². The molecule has 0 saturated heterocycles. The maximum absolute atomic E-state index is 2.49. The molecule has 0 fully saturated rings. The van der Waals surface area contributed by atoms with E-state index in [1.165, 1.54) is 66.5 Å². The van der Waals surface area contributed by atoms with Crippen molar-refractivity contribution in [3.63, 3.8) is 0 Å². The normalized spacial score (nSPS) is 14.7. The Kier molecular flexibility index (Phi) is 6.99. The number of nitrogens with zero attached hydrogens (tertiary/aromatic N) is 1. The Morgan fingerprint density at radius 2 is 0.980 bits per heavy atom. The summed E-state index contributed by atoms with van der Waals surface area (Å²) in [5.41, 5.74) is 14.5. The topological polar surface area (TPSA) is 3.24 Å². The molecule has 0 aliphatic heterocycles. The van der Waals surface area contributed by atoms with Crippen LogP contribution < -0.4 is 4.90 Å². The molecule has 0 spiro atoms. The third kappa shape index (κ3) is 4.78. The summed E-state index contributed by atoms with van der Waals surface area (Å²) in [5.74, 6) is 0. The number of fused-ring (bicyclic) bond motifs is 4. The molecule has 8 aromatic carbocycles. The molecule has 8 aromatic rings. The van der Waals surface area contributed by atoms with Crippen molar-refractivity contribution in [1.29, 1.82) is 0 Å². The number of hydrogen-bond donors (Lipinski definition) is 0. The van der Waals surface area contributed by atoms with E-state index in [1.54, 1.807) is 0 Å². The fourth-order valence-electron chi connectivity index (χ4n) is 7.92. The first-order valence-electron chi connectivity index (χ1n) is 17.0. The minimum absolute atomic E-state index is 0.290. The molecule has 0 heterocycles. The van der Waals surface area contributed by atoms with E-state index in [0.29, 0.717) is 0 Å². The molecule has 0 radical (unpaired) electrons. The van der Waals surface area contributed by atoms with Crippen LogP contribution in [0.15, 0.2) is 194 Å². The van der Waals surface area contributed by atoms with Crippen LogP contribution in [-0.2, 0) is 5.41 Å². The molecule has 0 amide bonds. The second-order valence-corrected chi connectivity index (χ2v) is 13.1. The zero-order chi connectivity index (χ0) is 32.8. The van der Waals surface area contributed by atoms with E-state index in [4.69, 9.17) is 0 Å². The lowest BCUT2D eigenvalue weighted by atomic mass is 9.74. The van der Waals surface area contributed by atoms with Crippen molar-refractivity contribution >= 4 is 27.8 Å². The van der Waals surface area contributed by atoms with E-state index in [1.807, 2.05) is 0 Å². The molecule has 0 saturated carbocycles. The van der Waals surface area contributed by atoms with Crippen LogP contribution in [0.4, 0.5) is 17.1 Å². The maximum atomic E-state index is 2.49. The van der Waals surface area contributed by atoms with Gasteiger partial charge in [0.15, 0.2) is 0 Å². The minimum atomic E-state index is -0.290. The van der Waals surface area contributed by atoms with Gasteiger partial charge < -0.3 is 4.90 Å². The molecule has 232 valence electrons. The van der Waals surface area contributed by atoms with Crippen molar-refractivity contribution in [3.05, 3.63) is 211 Å². The first-order valence-corrected chi connectivity index (χ1v) is 17.0. The predicted molar refractivity (Wildman–Crippen MR) is 207 cm³/mol. The molecule has 1 unspecified atom stereocenters. The molecular weight excluding hydrogens is 591 g/mol. The van der Waals surface area contributed by atoms with Gasteiger partial charge in [-0.3, -0.25) is 0 Å². The minimum Gasteiger partial charge on any atom is -0.309 e. The van der Waals surface area contributed by atoms with Crippen LogP contribution in [0.3, 0.4) is 0 Å². The molecule has 0 aromatic heterocycles. The zero-order valence-corrected chi connectivity index (χ0v) is 27.4. The van der Waals surface area contributed by atoms with Gasteiger partial charge in [0.1, 0.15) is 0 Å². The van der Waals surface area contributed by atoms with Crippen molar-refractivity contribution < 1.29 is 0 Å². The first-order chi connectivity index (χ1) is 24.2. The van der Waals surface area contributed by atoms with Gasteiger partial charge in [0.2, 0.25) is 0 Å². The number of hydrogen-bond acceptors (Lipinski definition) is 1. The standard InChI is InChI=1S/C48H35N/c1-48(39-22-6-3-7-23-39)43-26-12-10-25-42(43)47-44(48)27-15-29-46(47)49(40-31-30-35-18-8-9-19-37(35)33-40)45-28-13-11-24-41(45)38-21-14-20-36(32-38)34-16-4-2-5-17-34/h2-33H,1H3. The molecule has 1 nitrogen and oxygen atoms in total. The highest BCUT2D eigenvalue weighted by atomic mass is 15.1. The van der Waals surface area contributed by atoms with E-state index in [-0.39, 0.29) is 5.41 Å². The summed E-state index contributed by atoms with van der Waals surface area (Å²) in [5, 5.41) is 2.45. The average molecular weight is 626 g/mol. The third-order valence-electron chi connectivity index (χ3n) is 10.3. The highest BCUT2D eigenvalue weighted by Gasteiger charge is 2.42. The lowest BCUT2D eigenvalue weighted by Gasteiger charge is -2.31. The van der Waals surface area contributed by atoms with Crippen molar-refractivity contribution in [2.45, 2.75) is 12.3 Å². The van der Waals surface area contributed by atoms with E-state index < -0.39 is 0 Å². The fraction of sp³-hybridized carbons (Fsp3) is 0.0417. The van der Waals surface area contributed by atoms with Crippen molar-refractivity contribution in [2.24, 2.45) is 0 Å². The van der Waals surface area contributed by atoms with Gasteiger partial charge in [-0.15, -0.1) is 0 Å². The third-order valence-corrected chi connectivity index (χ3v) is 10.3. The molecule has 9 rings (SSSR count). The summed E-state index contributed by atoms with van der Waals surface area (Å²) in [6, 6.07) is 70.8. The molecule has 1 aliphatic carbocycles.